The lowest BCUT2D eigenvalue weighted by Gasteiger charge is -2.12. The second-order valence-corrected chi connectivity index (χ2v) is 6.34. The van der Waals surface area contributed by atoms with E-state index in [-0.39, 0.29) is 11.3 Å². The number of para-hydroxylation sites is 3. The lowest BCUT2D eigenvalue weighted by Crippen LogP contribution is -2.14. The third-order valence-corrected chi connectivity index (χ3v) is 4.21. The molecular formula is C23H17N3O4. The highest BCUT2D eigenvalue weighted by Crippen LogP contribution is 2.29. The van der Waals surface area contributed by atoms with E-state index in [1.807, 2.05) is 24.3 Å². The Morgan fingerprint density at radius 2 is 1.80 bits per heavy atom. The van der Waals surface area contributed by atoms with E-state index >= 15 is 0 Å². The summed E-state index contributed by atoms with van der Waals surface area (Å²) < 4.78 is 5.81. The van der Waals surface area contributed by atoms with Gasteiger partial charge in [0.1, 0.15) is 17.4 Å². The van der Waals surface area contributed by atoms with Crippen LogP contribution < -0.4 is 10.1 Å². The van der Waals surface area contributed by atoms with Gasteiger partial charge in [-0.15, -0.1) is 0 Å². The van der Waals surface area contributed by atoms with Crippen LogP contribution in [0, 0.1) is 28.4 Å². The molecule has 0 saturated heterocycles. The molecule has 1 N–H and O–H groups in total. The molecule has 0 aliphatic carbocycles. The number of aryl methyl sites for hydroxylation is 1. The summed E-state index contributed by atoms with van der Waals surface area (Å²) in [5.41, 5.74) is 0.994. The van der Waals surface area contributed by atoms with E-state index in [1.54, 1.807) is 55.5 Å². The molecule has 0 unspecified atom stereocenters. The van der Waals surface area contributed by atoms with E-state index in [4.69, 9.17) is 4.74 Å². The quantitative estimate of drug-likeness (QED) is 0.264. The third-order valence-electron chi connectivity index (χ3n) is 4.21. The number of rotatable bonds is 6. The van der Waals surface area contributed by atoms with Gasteiger partial charge in [-0.3, -0.25) is 14.9 Å². The first-order valence-electron chi connectivity index (χ1n) is 8.98. The number of nitro groups is 1. The number of nitrogens with one attached hydrogen (secondary N) is 1. The zero-order valence-corrected chi connectivity index (χ0v) is 16.0. The Hall–Kier alpha value is -4.44. The minimum atomic E-state index is -0.648. The molecule has 3 aromatic carbocycles. The van der Waals surface area contributed by atoms with Gasteiger partial charge in [0, 0.05) is 11.6 Å². The fourth-order valence-corrected chi connectivity index (χ4v) is 2.69. The summed E-state index contributed by atoms with van der Waals surface area (Å²) in [5.74, 6) is 0.368. The minimum absolute atomic E-state index is 0.0805. The molecule has 0 atom stereocenters. The molecule has 0 saturated carbocycles. The summed E-state index contributed by atoms with van der Waals surface area (Å²) in [4.78, 5) is 23.3. The second-order valence-electron chi connectivity index (χ2n) is 6.34. The molecule has 1 amide bonds. The molecule has 0 fully saturated rings. The lowest BCUT2D eigenvalue weighted by atomic mass is 10.1. The molecular weight excluding hydrogens is 382 g/mol. The number of carbonyl (C=O) groups is 1. The molecule has 0 spiro atoms. The Bertz CT molecular complexity index is 1160. The van der Waals surface area contributed by atoms with Gasteiger partial charge in [-0.25, -0.2) is 0 Å². The number of anilines is 1. The van der Waals surface area contributed by atoms with Gasteiger partial charge in [-0.05, 0) is 42.8 Å². The summed E-state index contributed by atoms with van der Waals surface area (Å²) in [7, 11) is 0. The number of nitro benzene ring substituents is 1. The molecule has 0 aliphatic rings. The number of nitrogens with zero attached hydrogens (tertiary/aromatic N) is 2. The fourth-order valence-electron chi connectivity index (χ4n) is 2.69. The number of hydrogen-bond acceptors (Lipinski definition) is 5. The van der Waals surface area contributed by atoms with Gasteiger partial charge in [0.05, 0.1) is 10.6 Å². The molecule has 0 aliphatic heterocycles. The van der Waals surface area contributed by atoms with Crippen LogP contribution in [-0.2, 0) is 4.79 Å². The van der Waals surface area contributed by atoms with Gasteiger partial charge in [-0.1, -0.05) is 42.5 Å². The van der Waals surface area contributed by atoms with Gasteiger partial charge >= 0.3 is 0 Å². The summed E-state index contributed by atoms with van der Waals surface area (Å²) in [6, 6.07) is 22.3. The Labute approximate surface area is 173 Å². The molecule has 0 bridgehead atoms. The largest absolute Gasteiger partial charge is 0.455 e. The number of carbonyl (C=O) groups excluding carboxylic acids is 1. The van der Waals surface area contributed by atoms with Crippen molar-refractivity contribution in [3.63, 3.8) is 0 Å². The van der Waals surface area contributed by atoms with E-state index in [2.05, 4.69) is 5.32 Å². The topological polar surface area (TPSA) is 105 Å². The van der Waals surface area contributed by atoms with Crippen molar-refractivity contribution < 1.29 is 14.5 Å². The van der Waals surface area contributed by atoms with Crippen LogP contribution in [0.5, 0.6) is 11.5 Å². The summed E-state index contributed by atoms with van der Waals surface area (Å²) in [6.45, 7) is 1.62. The van der Waals surface area contributed by atoms with Gasteiger partial charge < -0.3 is 10.1 Å². The van der Waals surface area contributed by atoms with Crippen molar-refractivity contribution in [3.05, 3.63) is 99.6 Å². The first-order chi connectivity index (χ1) is 14.5. The van der Waals surface area contributed by atoms with Crippen LogP contribution in [0.1, 0.15) is 11.1 Å². The zero-order chi connectivity index (χ0) is 21.5. The van der Waals surface area contributed by atoms with Crippen LogP contribution >= 0.6 is 0 Å². The van der Waals surface area contributed by atoms with E-state index in [9.17, 15) is 20.2 Å². The van der Waals surface area contributed by atoms with Crippen LogP contribution in [0.25, 0.3) is 6.08 Å². The molecule has 0 aromatic heterocycles. The van der Waals surface area contributed by atoms with Crippen LogP contribution in [0.15, 0.2) is 78.4 Å². The number of hydrogen-bond donors (Lipinski definition) is 1. The molecule has 3 aromatic rings. The van der Waals surface area contributed by atoms with Crippen molar-refractivity contribution in [1.29, 1.82) is 5.26 Å². The Balaban J connectivity index is 1.85. The molecule has 30 heavy (non-hydrogen) atoms. The first kappa shape index (κ1) is 20.3. The Kier molecular flexibility index (Phi) is 6.20. The zero-order valence-electron chi connectivity index (χ0n) is 16.0. The SMILES string of the molecule is Cc1ccc(/C=C(\C#N)C(=O)Nc2ccccc2Oc2ccccc2)cc1[N+](=O)[O-]. The van der Waals surface area contributed by atoms with Crippen molar-refractivity contribution in [1.82, 2.24) is 0 Å². The molecule has 0 radical (unpaired) electrons. The normalized spacial score (nSPS) is 10.7. The van der Waals surface area contributed by atoms with Crippen molar-refractivity contribution in [3.8, 4) is 17.6 Å². The lowest BCUT2D eigenvalue weighted by molar-refractivity contribution is -0.385. The maximum Gasteiger partial charge on any atom is 0.272 e. The maximum absolute atomic E-state index is 12.6. The van der Waals surface area contributed by atoms with Gasteiger partial charge in [0.2, 0.25) is 0 Å². The van der Waals surface area contributed by atoms with E-state index < -0.39 is 10.8 Å². The number of ether oxygens (including phenoxy) is 1. The van der Waals surface area contributed by atoms with Crippen molar-refractivity contribution in [2.75, 3.05) is 5.32 Å². The van der Waals surface area contributed by atoms with Crippen LogP contribution in [-0.4, -0.2) is 10.8 Å². The summed E-state index contributed by atoms with van der Waals surface area (Å²) >= 11 is 0. The molecule has 0 heterocycles. The Morgan fingerprint density at radius 1 is 1.10 bits per heavy atom. The number of amides is 1. The summed E-state index contributed by atoms with van der Waals surface area (Å²) in [5, 5.41) is 23.2. The van der Waals surface area contributed by atoms with Crippen LogP contribution in [0.3, 0.4) is 0 Å². The van der Waals surface area contributed by atoms with Crippen LogP contribution in [0.4, 0.5) is 11.4 Å². The van der Waals surface area contributed by atoms with Crippen molar-refractivity contribution in [2.45, 2.75) is 6.92 Å². The van der Waals surface area contributed by atoms with E-state index in [0.29, 0.717) is 28.3 Å². The monoisotopic (exact) mass is 399 g/mol. The fraction of sp³-hybridized carbons (Fsp3) is 0.0435. The highest BCUT2D eigenvalue weighted by Gasteiger charge is 2.15. The van der Waals surface area contributed by atoms with Crippen molar-refractivity contribution >= 4 is 23.4 Å². The predicted octanol–water partition coefficient (Wildman–Crippen LogP) is 5.24. The maximum atomic E-state index is 12.6. The predicted molar refractivity (Wildman–Crippen MR) is 113 cm³/mol. The standard InChI is InChI=1S/C23H17N3O4/c1-16-11-12-17(14-21(16)26(28)29)13-18(15-24)23(27)25-20-9-5-6-10-22(20)30-19-7-3-2-4-8-19/h2-14H,1H3,(H,25,27)/b18-13+. The minimum Gasteiger partial charge on any atom is -0.455 e. The second kappa shape index (κ2) is 9.17. The summed E-state index contributed by atoms with van der Waals surface area (Å²) in [6.07, 6.45) is 1.31. The first-order valence-corrected chi connectivity index (χ1v) is 8.98. The number of nitriles is 1. The molecule has 148 valence electrons. The van der Waals surface area contributed by atoms with Crippen molar-refractivity contribution in [2.24, 2.45) is 0 Å². The average molecular weight is 399 g/mol. The smallest absolute Gasteiger partial charge is 0.272 e. The van der Waals surface area contributed by atoms with Crippen LogP contribution in [0.2, 0.25) is 0 Å². The molecule has 7 nitrogen and oxygen atoms in total. The third kappa shape index (κ3) is 4.88. The molecule has 3 rings (SSSR count). The van der Waals surface area contributed by atoms with E-state index in [0.717, 1.165) is 0 Å². The molecule has 7 heteroatoms. The van der Waals surface area contributed by atoms with Gasteiger partial charge in [-0.2, -0.15) is 5.26 Å². The highest BCUT2D eigenvalue weighted by atomic mass is 16.6. The van der Waals surface area contributed by atoms with Gasteiger partial charge in [0.15, 0.2) is 5.75 Å². The Morgan fingerprint density at radius 3 is 2.50 bits per heavy atom. The average Bonchev–Trinajstić information content (AvgIpc) is 2.75. The van der Waals surface area contributed by atoms with E-state index in [1.165, 1.54) is 12.1 Å². The highest BCUT2D eigenvalue weighted by molar-refractivity contribution is 6.10. The van der Waals surface area contributed by atoms with Gasteiger partial charge in [0.25, 0.3) is 11.6 Å². The number of benzene rings is 3.